The van der Waals surface area contributed by atoms with Crippen LogP contribution in [0.4, 0.5) is 4.39 Å². The summed E-state index contributed by atoms with van der Waals surface area (Å²) in [7, 11) is 0. The van der Waals surface area contributed by atoms with Gasteiger partial charge in [-0.1, -0.05) is 30.5 Å². The van der Waals surface area contributed by atoms with Crippen molar-refractivity contribution in [3.63, 3.8) is 0 Å². The van der Waals surface area contributed by atoms with Crippen LogP contribution >= 0.6 is 11.6 Å². The van der Waals surface area contributed by atoms with E-state index in [2.05, 4.69) is 9.47 Å². The fourth-order valence-electron chi connectivity index (χ4n) is 5.21. The van der Waals surface area contributed by atoms with Gasteiger partial charge in [-0.15, -0.1) is 0 Å². The highest BCUT2D eigenvalue weighted by Gasteiger charge is 2.46. The van der Waals surface area contributed by atoms with Crippen LogP contribution in [0.5, 0.6) is 0 Å². The van der Waals surface area contributed by atoms with Crippen molar-refractivity contribution in [1.82, 2.24) is 14.5 Å². The van der Waals surface area contributed by atoms with Crippen LogP contribution in [0.25, 0.3) is 16.7 Å². The monoisotopic (exact) mass is 414 g/mol. The van der Waals surface area contributed by atoms with Crippen molar-refractivity contribution in [3.05, 3.63) is 47.0 Å². The Labute approximate surface area is 174 Å². The van der Waals surface area contributed by atoms with E-state index in [9.17, 15) is 9.18 Å². The summed E-state index contributed by atoms with van der Waals surface area (Å²) in [5.74, 6) is 0.261. The number of fused-ring (bicyclic) bond motifs is 1. The van der Waals surface area contributed by atoms with Crippen molar-refractivity contribution in [2.45, 2.75) is 44.1 Å². The van der Waals surface area contributed by atoms with Crippen molar-refractivity contribution in [1.29, 1.82) is 0 Å². The lowest BCUT2D eigenvalue weighted by molar-refractivity contribution is -0.123. The number of hydrogen-bond donors (Lipinski definition) is 1. The molecule has 1 amide bonds. The zero-order valence-corrected chi connectivity index (χ0v) is 17.0. The molecule has 7 heteroatoms. The van der Waals surface area contributed by atoms with Crippen LogP contribution in [0.2, 0.25) is 5.02 Å². The third-order valence-corrected chi connectivity index (χ3v) is 7.13. The van der Waals surface area contributed by atoms with Crippen molar-refractivity contribution >= 4 is 34.2 Å². The summed E-state index contributed by atoms with van der Waals surface area (Å²) in [6.45, 7) is 1.64. The van der Waals surface area contributed by atoms with Gasteiger partial charge in [-0.05, 0) is 57.0 Å². The molecule has 0 bridgehead atoms. The largest absolute Gasteiger partial charge is 0.369 e. The minimum Gasteiger partial charge on any atom is -0.369 e. The number of nitrogens with two attached hydrogens (primary N) is 1. The molecule has 0 radical (unpaired) electrons. The van der Waals surface area contributed by atoms with Crippen LogP contribution in [-0.2, 0) is 10.3 Å². The van der Waals surface area contributed by atoms with Gasteiger partial charge < -0.3 is 5.73 Å². The third kappa shape index (κ3) is 2.92. The molecule has 1 aliphatic heterocycles. The molecular weight excluding hydrogens is 391 g/mol. The minimum absolute atomic E-state index is 0.0475. The molecule has 0 atom stereocenters. The van der Waals surface area contributed by atoms with E-state index in [-0.39, 0.29) is 22.4 Å². The maximum atomic E-state index is 14.2. The Morgan fingerprint density at radius 3 is 2.52 bits per heavy atom. The highest BCUT2D eigenvalue weighted by molar-refractivity contribution is 6.31. The first kappa shape index (κ1) is 18.8. The van der Waals surface area contributed by atoms with Crippen LogP contribution in [-0.4, -0.2) is 33.4 Å². The molecule has 2 fully saturated rings. The molecule has 29 heavy (non-hydrogen) atoms. The third-order valence-electron chi connectivity index (χ3n) is 6.84. The predicted molar refractivity (Wildman–Crippen MR) is 112 cm³/mol. The fourth-order valence-corrected chi connectivity index (χ4v) is 5.37. The standard InChI is InChI=1S/C22H24ClFN4O/c23-16-12-19-18(13-17(16)24)26-21(28(19)15-4-3-5-15)22(8-1-2-9-22)27-10-6-14(7-11-27)20(25)29/h3-5,12-14H,1-2,6-11H2,(H2,25,29). The fraction of sp³-hybridized carbons (Fsp3) is 0.455. The molecule has 2 aromatic rings. The molecule has 1 aromatic carbocycles. The maximum absolute atomic E-state index is 14.2. The van der Waals surface area contributed by atoms with Gasteiger partial charge in [0.05, 0.1) is 21.6 Å². The van der Waals surface area contributed by atoms with Crippen molar-refractivity contribution in [2.75, 3.05) is 13.1 Å². The summed E-state index contributed by atoms with van der Waals surface area (Å²) in [6, 6.07) is 3.11. The molecule has 1 aromatic heterocycles. The Morgan fingerprint density at radius 1 is 1.24 bits per heavy atom. The second-order valence-electron chi connectivity index (χ2n) is 8.38. The van der Waals surface area contributed by atoms with E-state index < -0.39 is 5.82 Å². The number of rotatable bonds is 4. The molecule has 2 heterocycles. The Bertz CT molecular complexity index is 1040. The van der Waals surface area contributed by atoms with Crippen molar-refractivity contribution in [2.24, 2.45) is 11.7 Å². The van der Waals surface area contributed by atoms with Crippen LogP contribution < -0.4 is 5.73 Å². The number of piperidine rings is 1. The maximum Gasteiger partial charge on any atom is 0.220 e. The molecule has 0 spiro atoms. The Morgan fingerprint density at radius 2 is 1.93 bits per heavy atom. The second kappa shape index (κ2) is 6.96. The summed E-state index contributed by atoms with van der Waals surface area (Å²) in [5, 5.41) is 0.108. The van der Waals surface area contributed by atoms with Gasteiger partial charge in [0.1, 0.15) is 11.6 Å². The van der Waals surface area contributed by atoms with E-state index >= 15 is 0 Å². The normalized spacial score (nSPS) is 22.1. The number of amides is 1. The van der Waals surface area contributed by atoms with Gasteiger partial charge >= 0.3 is 0 Å². The summed E-state index contributed by atoms with van der Waals surface area (Å²) in [6.07, 6.45) is 11.9. The summed E-state index contributed by atoms with van der Waals surface area (Å²) in [5.41, 5.74) is 7.83. The van der Waals surface area contributed by atoms with E-state index in [1.54, 1.807) is 6.07 Å². The van der Waals surface area contributed by atoms with Gasteiger partial charge in [-0.3, -0.25) is 14.3 Å². The number of hydrogen-bond acceptors (Lipinski definition) is 3. The molecule has 2 aliphatic carbocycles. The smallest absolute Gasteiger partial charge is 0.220 e. The lowest BCUT2D eigenvalue weighted by Crippen LogP contribution is -2.50. The lowest BCUT2D eigenvalue weighted by Gasteiger charge is -2.44. The van der Waals surface area contributed by atoms with E-state index in [0.29, 0.717) is 5.52 Å². The Balaban J connectivity index is 1.63. The quantitative estimate of drug-likeness (QED) is 0.815. The number of aromatic nitrogens is 2. The number of imidazole rings is 1. The highest BCUT2D eigenvalue weighted by Crippen LogP contribution is 2.47. The van der Waals surface area contributed by atoms with E-state index in [4.69, 9.17) is 22.3 Å². The number of primary amides is 1. The number of carbonyl (C=O) groups excluding carboxylic acids is 1. The zero-order chi connectivity index (χ0) is 20.2. The number of carbonyl (C=O) groups is 1. The van der Waals surface area contributed by atoms with E-state index in [0.717, 1.165) is 68.7 Å². The molecule has 1 saturated carbocycles. The van der Waals surface area contributed by atoms with Gasteiger partial charge in [-0.2, -0.15) is 0 Å². The molecule has 1 saturated heterocycles. The van der Waals surface area contributed by atoms with E-state index in [1.165, 1.54) is 6.07 Å². The first-order valence-corrected chi connectivity index (χ1v) is 10.7. The summed E-state index contributed by atoms with van der Waals surface area (Å²) < 4.78 is 16.3. The Kier molecular flexibility index (Phi) is 4.51. The van der Waals surface area contributed by atoms with Crippen LogP contribution in [0.1, 0.15) is 44.3 Å². The van der Waals surface area contributed by atoms with Crippen LogP contribution in [0.3, 0.4) is 0 Å². The number of nitrogens with zero attached hydrogens (tertiary/aromatic N) is 3. The van der Waals surface area contributed by atoms with Crippen LogP contribution in [0, 0.1) is 11.7 Å². The highest BCUT2D eigenvalue weighted by atomic mass is 35.5. The zero-order valence-electron chi connectivity index (χ0n) is 16.2. The average molecular weight is 415 g/mol. The number of benzene rings is 1. The van der Waals surface area contributed by atoms with Gasteiger partial charge in [0.2, 0.25) is 5.91 Å². The number of likely N-dealkylation sites (tertiary alicyclic amines) is 1. The molecule has 152 valence electrons. The van der Waals surface area contributed by atoms with Crippen molar-refractivity contribution < 1.29 is 9.18 Å². The second-order valence-corrected chi connectivity index (χ2v) is 8.79. The number of allylic oxidation sites excluding steroid dienone is 4. The summed E-state index contributed by atoms with van der Waals surface area (Å²) in [4.78, 5) is 19.1. The molecule has 0 unspecified atom stereocenters. The molecular formula is C22H24ClFN4O. The molecule has 3 aliphatic rings. The van der Waals surface area contributed by atoms with E-state index in [1.807, 2.05) is 18.2 Å². The van der Waals surface area contributed by atoms with Crippen LogP contribution in [0.15, 0.2) is 30.4 Å². The van der Waals surface area contributed by atoms with Gasteiger partial charge in [0.15, 0.2) is 0 Å². The average Bonchev–Trinajstić information content (AvgIpc) is 3.28. The topological polar surface area (TPSA) is 64.2 Å². The predicted octanol–water partition coefficient (Wildman–Crippen LogP) is 4.21. The number of halogens is 2. The first-order chi connectivity index (χ1) is 14.0. The lowest BCUT2D eigenvalue weighted by atomic mass is 9.87. The SMILES string of the molecule is NC(=O)C1CCN(C2(c3nc4cc(F)c(Cl)cc4n3C3=CC=C3)CCCC2)CC1. The van der Waals surface area contributed by atoms with Gasteiger partial charge in [0.25, 0.3) is 0 Å². The Hall–Kier alpha value is -2.18. The molecule has 5 rings (SSSR count). The first-order valence-electron chi connectivity index (χ1n) is 10.3. The molecule has 5 nitrogen and oxygen atoms in total. The minimum atomic E-state index is -0.448. The van der Waals surface area contributed by atoms with Gasteiger partial charge in [0, 0.05) is 17.7 Å². The summed E-state index contributed by atoms with van der Waals surface area (Å²) >= 11 is 6.12. The van der Waals surface area contributed by atoms with Gasteiger partial charge in [-0.25, -0.2) is 9.37 Å². The van der Waals surface area contributed by atoms with Crippen molar-refractivity contribution in [3.8, 4) is 0 Å². The molecule has 2 N–H and O–H groups in total.